The van der Waals surface area contributed by atoms with Crippen molar-refractivity contribution in [2.24, 2.45) is 12.9 Å². The van der Waals surface area contributed by atoms with Crippen LogP contribution in [0.15, 0.2) is 21.3 Å². The fourth-order valence-electron chi connectivity index (χ4n) is 1.23. The third-order valence-electron chi connectivity index (χ3n) is 2.14. The molecular weight excluding hydrogens is 258 g/mol. The van der Waals surface area contributed by atoms with Crippen molar-refractivity contribution in [3.8, 4) is 5.75 Å². The molecule has 0 saturated carbocycles. The Labute approximate surface area is 106 Å². The zero-order valence-corrected chi connectivity index (χ0v) is 10.5. The summed E-state index contributed by atoms with van der Waals surface area (Å²) in [5.41, 5.74) is 2.10. The average Bonchev–Trinajstić information content (AvgIpc) is 2.70. The number of hydrogen-bond acceptors (Lipinski definition) is 8. The first-order valence-corrected chi connectivity index (χ1v) is 5.64. The number of methoxy groups -OCH3 is 1. The van der Waals surface area contributed by atoms with E-state index in [0.29, 0.717) is 21.7 Å². The van der Waals surface area contributed by atoms with Crippen molar-refractivity contribution in [2.45, 2.75) is 10.2 Å². The largest absolute Gasteiger partial charge is 0.490 e. The zero-order valence-electron chi connectivity index (χ0n) is 9.67. The van der Waals surface area contributed by atoms with Crippen LogP contribution in [0, 0.1) is 0 Å². The number of ether oxygens (including phenoxy) is 1. The molecule has 0 spiro atoms. The maximum Gasteiger partial charge on any atom is 0.343 e. The number of aromatic nitrogens is 5. The molecule has 2 aromatic rings. The number of aromatic amines is 1. The minimum absolute atomic E-state index is 0.303. The highest BCUT2D eigenvalue weighted by Gasteiger charge is 2.15. The lowest BCUT2D eigenvalue weighted by atomic mass is 10.5. The lowest BCUT2D eigenvalue weighted by molar-refractivity contribution is 0.400. The van der Waals surface area contributed by atoms with Gasteiger partial charge in [-0.2, -0.15) is 0 Å². The molecule has 10 heteroatoms. The topological polar surface area (TPSA) is 124 Å². The van der Waals surface area contributed by atoms with Crippen molar-refractivity contribution in [2.75, 3.05) is 12.5 Å². The molecule has 0 aliphatic rings. The number of rotatable bonds is 4. The summed E-state index contributed by atoms with van der Waals surface area (Å²) in [5.74, 6) is 6.06. The highest BCUT2D eigenvalue weighted by Crippen LogP contribution is 2.34. The third-order valence-corrected chi connectivity index (χ3v) is 3.17. The first kappa shape index (κ1) is 12.4. The van der Waals surface area contributed by atoms with Crippen molar-refractivity contribution < 1.29 is 4.74 Å². The standard InChI is InChI=1S/C8H11N7O2S/c1-15-7(16)13-14-8(15)18-6-4(17-2)5(12-9)10-3-11-6/h3H,9H2,1-2H3,(H,13,16)(H,10,11,12). The SMILES string of the molecule is COc1c(NN)ncnc1Sc1n[nH]c(=O)n1C. The van der Waals surface area contributed by atoms with Crippen molar-refractivity contribution >= 4 is 17.6 Å². The lowest BCUT2D eigenvalue weighted by Crippen LogP contribution is -2.13. The summed E-state index contributed by atoms with van der Waals surface area (Å²) in [6, 6.07) is 0. The Morgan fingerprint density at radius 3 is 2.89 bits per heavy atom. The maximum absolute atomic E-state index is 11.2. The van der Waals surface area contributed by atoms with E-state index in [2.05, 4.69) is 25.6 Å². The Kier molecular flexibility index (Phi) is 3.48. The van der Waals surface area contributed by atoms with Crippen molar-refractivity contribution in [3.63, 3.8) is 0 Å². The van der Waals surface area contributed by atoms with Crippen LogP contribution in [0.4, 0.5) is 5.82 Å². The van der Waals surface area contributed by atoms with E-state index in [4.69, 9.17) is 10.6 Å². The molecule has 0 atom stereocenters. The van der Waals surface area contributed by atoms with Crippen LogP contribution >= 0.6 is 11.8 Å². The predicted octanol–water partition coefficient (Wildman–Crippen LogP) is -0.656. The summed E-state index contributed by atoms with van der Waals surface area (Å²) in [5, 5.41) is 7.16. The van der Waals surface area contributed by atoms with Crippen LogP contribution in [0.25, 0.3) is 0 Å². The molecule has 0 bridgehead atoms. The monoisotopic (exact) mass is 269 g/mol. The fourth-order valence-corrected chi connectivity index (χ4v) is 2.08. The van der Waals surface area contributed by atoms with Gasteiger partial charge in [-0.3, -0.25) is 4.57 Å². The van der Waals surface area contributed by atoms with Gasteiger partial charge in [0.25, 0.3) is 0 Å². The summed E-state index contributed by atoms with van der Waals surface area (Å²) in [7, 11) is 3.08. The number of nitrogens with two attached hydrogens (primary N) is 1. The molecule has 4 N–H and O–H groups in total. The van der Waals surface area contributed by atoms with Gasteiger partial charge in [0.15, 0.2) is 21.7 Å². The Bertz CT molecular complexity index is 608. The number of H-pyrrole nitrogens is 1. The molecule has 2 rings (SSSR count). The van der Waals surface area contributed by atoms with Crippen LogP contribution in [0.2, 0.25) is 0 Å². The Morgan fingerprint density at radius 2 is 2.33 bits per heavy atom. The Balaban J connectivity index is 2.40. The van der Waals surface area contributed by atoms with Gasteiger partial charge in [-0.15, -0.1) is 5.10 Å². The van der Waals surface area contributed by atoms with Crippen LogP contribution in [-0.2, 0) is 7.05 Å². The van der Waals surface area contributed by atoms with Crippen molar-refractivity contribution in [3.05, 3.63) is 16.8 Å². The van der Waals surface area contributed by atoms with Gasteiger partial charge in [-0.25, -0.2) is 25.7 Å². The molecule has 0 aliphatic heterocycles. The van der Waals surface area contributed by atoms with E-state index in [1.807, 2.05) is 0 Å². The highest BCUT2D eigenvalue weighted by molar-refractivity contribution is 7.99. The van der Waals surface area contributed by atoms with Crippen LogP contribution in [0.1, 0.15) is 0 Å². The van der Waals surface area contributed by atoms with Gasteiger partial charge in [0.05, 0.1) is 7.11 Å². The molecule has 96 valence electrons. The van der Waals surface area contributed by atoms with E-state index in [1.54, 1.807) is 7.05 Å². The second-order valence-electron chi connectivity index (χ2n) is 3.18. The molecule has 0 radical (unpaired) electrons. The van der Waals surface area contributed by atoms with Crippen molar-refractivity contribution in [1.29, 1.82) is 0 Å². The lowest BCUT2D eigenvalue weighted by Gasteiger charge is -2.09. The molecular formula is C8H11N7O2S. The maximum atomic E-state index is 11.2. The van der Waals surface area contributed by atoms with E-state index in [-0.39, 0.29) is 5.69 Å². The molecule has 0 fully saturated rings. The summed E-state index contributed by atoms with van der Waals surface area (Å²) >= 11 is 1.16. The van der Waals surface area contributed by atoms with Crippen LogP contribution in [0.5, 0.6) is 5.75 Å². The predicted molar refractivity (Wildman–Crippen MR) is 64.3 cm³/mol. The van der Waals surface area contributed by atoms with Gasteiger partial charge < -0.3 is 10.2 Å². The average molecular weight is 269 g/mol. The van der Waals surface area contributed by atoms with E-state index >= 15 is 0 Å². The second-order valence-corrected chi connectivity index (χ2v) is 4.13. The van der Waals surface area contributed by atoms with E-state index in [9.17, 15) is 4.79 Å². The van der Waals surface area contributed by atoms with Gasteiger partial charge in [-0.05, 0) is 11.8 Å². The summed E-state index contributed by atoms with van der Waals surface area (Å²) in [6.45, 7) is 0. The Morgan fingerprint density at radius 1 is 1.56 bits per heavy atom. The minimum atomic E-state index is -0.303. The number of nitrogens with one attached hydrogen (secondary N) is 2. The van der Waals surface area contributed by atoms with Crippen LogP contribution in [-0.4, -0.2) is 31.8 Å². The molecule has 9 nitrogen and oxygen atoms in total. The molecule has 2 heterocycles. The number of anilines is 1. The first-order valence-electron chi connectivity index (χ1n) is 4.82. The normalized spacial score (nSPS) is 10.4. The van der Waals surface area contributed by atoms with Gasteiger partial charge in [0.2, 0.25) is 0 Å². The summed E-state index contributed by atoms with van der Waals surface area (Å²) in [4.78, 5) is 19.2. The van der Waals surface area contributed by atoms with Gasteiger partial charge in [0, 0.05) is 7.05 Å². The molecule has 2 aromatic heterocycles. The number of hydrazine groups is 1. The molecule has 0 unspecified atom stereocenters. The quantitative estimate of drug-likeness (QED) is 0.380. The van der Waals surface area contributed by atoms with Crippen LogP contribution in [0.3, 0.4) is 0 Å². The second kappa shape index (κ2) is 5.06. The number of nitrogen functional groups attached to an aromatic ring is 1. The highest BCUT2D eigenvalue weighted by atomic mass is 32.2. The molecule has 0 aliphatic carbocycles. The fraction of sp³-hybridized carbons (Fsp3) is 0.250. The molecule has 18 heavy (non-hydrogen) atoms. The minimum Gasteiger partial charge on any atom is -0.490 e. The smallest absolute Gasteiger partial charge is 0.343 e. The summed E-state index contributed by atoms with van der Waals surface area (Å²) in [6.07, 6.45) is 1.34. The molecule has 0 saturated heterocycles. The van der Waals surface area contributed by atoms with Gasteiger partial charge in [-0.1, -0.05) is 0 Å². The zero-order chi connectivity index (χ0) is 13.1. The Hall–Kier alpha value is -2.07. The van der Waals surface area contributed by atoms with Gasteiger partial charge in [0.1, 0.15) is 6.33 Å². The van der Waals surface area contributed by atoms with E-state index in [0.717, 1.165) is 11.8 Å². The third kappa shape index (κ3) is 2.15. The molecule has 0 amide bonds. The van der Waals surface area contributed by atoms with Crippen molar-refractivity contribution in [1.82, 2.24) is 24.7 Å². The number of nitrogens with zero attached hydrogens (tertiary/aromatic N) is 4. The van der Waals surface area contributed by atoms with Gasteiger partial charge >= 0.3 is 5.69 Å². The van der Waals surface area contributed by atoms with E-state index in [1.165, 1.54) is 18.0 Å². The van der Waals surface area contributed by atoms with Crippen LogP contribution < -0.4 is 21.7 Å². The number of hydrogen-bond donors (Lipinski definition) is 3. The first-order chi connectivity index (χ1) is 8.67. The summed E-state index contributed by atoms with van der Waals surface area (Å²) < 4.78 is 6.54. The molecule has 0 aromatic carbocycles. The van der Waals surface area contributed by atoms with E-state index < -0.39 is 0 Å².